The molecule has 0 bridgehead atoms. The van der Waals surface area contributed by atoms with Gasteiger partial charge in [-0.25, -0.2) is 4.79 Å². The van der Waals surface area contributed by atoms with Crippen molar-refractivity contribution in [2.75, 3.05) is 13.2 Å². The summed E-state index contributed by atoms with van der Waals surface area (Å²) in [6, 6.07) is -0.486. The maximum Gasteiger partial charge on any atom is 0.408 e. The summed E-state index contributed by atoms with van der Waals surface area (Å²) in [4.78, 5) is 23.7. The van der Waals surface area contributed by atoms with Crippen LogP contribution in [-0.2, 0) is 14.3 Å². The minimum atomic E-state index is -0.529. The van der Waals surface area contributed by atoms with Gasteiger partial charge in [0.25, 0.3) is 0 Å². The van der Waals surface area contributed by atoms with Crippen LogP contribution in [0.5, 0.6) is 0 Å². The monoisotopic (exact) mass is 257 g/mol. The molecule has 1 saturated heterocycles. The number of alkyl carbamates (subject to hydrolysis) is 1. The maximum atomic E-state index is 12.0. The molecule has 0 radical (unpaired) electrons. The van der Waals surface area contributed by atoms with Crippen molar-refractivity contribution in [1.29, 1.82) is 0 Å². The van der Waals surface area contributed by atoms with E-state index in [1.807, 2.05) is 27.7 Å². The molecule has 5 nitrogen and oxygen atoms in total. The van der Waals surface area contributed by atoms with E-state index in [1.54, 1.807) is 0 Å². The van der Waals surface area contributed by atoms with E-state index >= 15 is 0 Å². The molecule has 1 amide bonds. The van der Waals surface area contributed by atoms with Gasteiger partial charge in [-0.15, -0.1) is 0 Å². The van der Waals surface area contributed by atoms with Crippen molar-refractivity contribution in [2.24, 2.45) is 11.8 Å². The van der Waals surface area contributed by atoms with Crippen LogP contribution >= 0.6 is 0 Å². The molecule has 0 spiro atoms. The summed E-state index contributed by atoms with van der Waals surface area (Å²) in [6.07, 6.45) is 0.00269. The summed E-state index contributed by atoms with van der Waals surface area (Å²) in [7, 11) is 0. The van der Waals surface area contributed by atoms with Gasteiger partial charge < -0.3 is 14.8 Å². The summed E-state index contributed by atoms with van der Waals surface area (Å²) < 4.78 is 10.3. The molecule has 1 heterocycles. The van der Waals surface area contributed by atoms with Crippen molar-refractivity contribution in [1.82, 2.24) is 5.32 Å². The highest BCUT2D eigenvalue weighted by atomic mass is 16.6. The fourth-order valence-electron chi connectivity index (χ4n) is 1.84. The van der Waals surface area contributed by atoms with Crippen molar-refractivity contribution < 1.29 is 19.1 Å². The number of nitrogens with one attached hydrogen (secondary N) is 1. The van der Waals surface area contributed by atoms with Gasteiger partial charge in [0, 0.05) is 12.3 Å². The first-order chi connectivity index (χ1) is 8.41. The number of amides is 1. The normalized spacial score (nSPS) is 21.1. The van der Waals surface area contributed by atoms with Crippen molar-refractivity contribution in [3.8, 4) is 0 Å². The second-order valence-electron chi connectivity index (χ2n) is 5.31. The van der Waals surface area contributed by atoms with Gasteiger partial charge in [0.2, 0.25) is 0 Å². The Morgan fingerprint density at radius 1 is 1.28 bits per heavy atom. The van der Waals surface area contributed by atoms with Crippen LogP contribution in [0.1, 0.15) is 34.1 Å². The topological polar surface area (TPSA) is 64.6 Å². The molecule has 1 rings (SSSR count). The molecular formula is C13H23NO4. The maximum absolute atomic E-state index is 12.0. The van der Waals surface area contributed by atoms with Gasteiger partial charge in [0.15, 0.2) is 5.78 Å². The summed E-state index contributed by atoms with van der Waals surface area (Å²) in [6.45, 7) is 8.53. The average Bonchev–Trinajstić information content (AvgIpc) is 2.77. The molecule has 0 aromatic rings. The molecule has 1 aliphatic rings. The van der Waals surface area contributed by atoms with Crippen molar-refractivity contribution in [3.63, 3.8) is 0 Å². The van der Waals surface area contributed by atoms with Crippen LogP contribution in [-0.4, -0.2) is 37.2 Å². The largest absolute Gasteiger partial charge is 0.444 e. The molecule has 1 fully saturated rings. The Morgan fingerprint density at radius 3 is 2.39 bits per heavy atom. The van der Waals surface area contributed by atoms with E-state index in [4.69, 9.17) is 9.47 Å². The lowest BCUT2D eigenvalue weighted by atomic mass is 9.93. The van der Waals surface area contributed by atoms with Gasteiger partial charge in [0.1, 0.15) is 6.10 Å². The van der Waals surface area contributed by atoms with E-state index in [0.717, 1.165) is 6.42 Å². The third kappa shape index (κ3) is 4.29. The second kappa shape index (κ2) is 6.73. The SMILES string of the molecule is CC(C)C(=O)C(NC(=O)OC1CCOC1)C(C)C. The third-order valence-electron chi connectivity index (χ3n) is 2.98. The molecule has 1 aliphatic heterocycles. The van der Waals surface area contributed by atoms with E-state index in [-0.39, 0.29) is 23.7 Å². The molecule has 18 heavy (non-hydrogen) atoms. The van der Waals surface area contributed by atoms with Crippen LogP contribution in [0.15, 0.2) is 0 Å². The number of ether oxygens (including phenoxy) is 2. The number of hydrogen-bond donors (Lipinski definition) is 1. The Hall–Kier alpha value is -1.10. The highest BCUT2D eigenvalue weighted by Gasteiger charge is 2.28. The second-order valence-corrected chi connectivity index (χ2v) is 5.31. The molecule has 2 unspecified atom stereocenters. The zero-order valence-electron chi connectivity index (χ0n) is 11.6. The van der Waals surface area contributed by atoms with E-state index < -0.39 is 12.1 Å². The minimum absolute atomic E-state index is 0.0321. The van der Waals surface area contributed by atoms with E-state index in [2.05, 4.69) is 5.32 Å². The number of ketones is 1. The van der Waals surface area contributed by atoms with Gasteiger partial charge in [-0.05, 0) is 5.92 Å². The minimum Gasteiger partial charge on any atom is -0.444 e. The fraction of sp³-hybridized carbons (Fsp3) is 0.846. The van der Waals surface area contributed by atoms with Crippen LogP contribution in [0.4, 0.5) is 4.79 Å². The third-order valence-corrected chi connectivity index (χ3v) is 2.98. The molecule has 0 aromatic heterocycles. The zero-order chi connectivity index (χ0) is 13.7. The van der Waals surface area contributed by atoms with E-state index in [0.29, 0.717) is 13.2 Å². The van der Waals surface area contributed by atoms with Gasteiger partial charge in [-0.3, -0.25) is 4.79 Å². The van der Waals surface area contributed by atoms with Crippen LogP contribution in [0.25, 0.3) is 0 Å². The molecule has 0 aromatic carbocycles. The summed E-state index contributed by atoms with van der Waals surface area (Å²) >= 11 is 0. The molecule has 0 saturated carbocycles. The first-order valence-corrected chi connectivity index (χ1v) is 6.50. The number of rotatable bonds is 5. The number of Topliss-reactive ketones (excluding diaryl/α,β-unsaturated/α-hetero) is 1. The van der Waals surface area contributed by atoms with Crippen LogP contribution in [0.3, 0.4) is 0 Å². The molecule has 104 valence electrons. The van der Waals surface area contributed by atoms with Gasteiger partial charge in [-0.2, -0.15) is 0 Å². The predicted octanol–water partition coefficient (Wildman–Crippen LogP) is 1.75. The Kier molecular flexibility index (Phi) is 5.59. The Morgan fingerprint density at radius 2 is 1.94 bits per heavy atom. The van der Waals surface area contributed by atoms with Gasteiger partial charge in [0.05, 0.1) is 19.3 Å². The fourth-order valence-corrected chi connectivity index (χ4v) is 1.84. The van der Waals surface area contributed by atoms with Crippen LogP contribution in [0.2, 0.25) is 0 Å². The molecule has 0 aliphatic carbocycles. The van der Waals surface area contributed by atoms with Crippen molar-refractivity contribution in [3.05, 3.63) is 0 Å². The highest BCUT2D eigenvalue weighted by molar-refractivity contribution is 5.89. The summed E-state index contributed by atoms with van der Waals surface area (Å²) in [5.74, 6) is -0.0237. The first kappa shape index (κ1) is 15.0. The lowest BCUT2D eigenvalue weighted by Crippen LogP contribution is -2.47. The van der Waals surface area contributed by atoms with Gasteiger partial charge in [-0.1, -0.05) is 27.7 Å². The molecule has 2 atom stereocenters. The lowest BCUT2D eigenvalue weighted by Gasteiger charge is -2.23. The molecule has 1 N–H and O–H groups in total. The van der Waals surface area contributed by atoms with Crippen LogP contribution in [0, 0.1) is 11.8 Å². The highest BCUT2D eigenvalue weighted by Crippen LogP contribution is 2.11. The smallest absolute Gasteiger partial charge is 0.408 e. The molecule has 5 heteroatoms. The summed E-state index contributed by atoms with van der Waals surface area (Å²) in [5.41, 5.74) is 0. The lowest BCUT2D eigenvalue weighted by molar-refractivity contribution is -0.124. The Bertz CT molecular complexity index is 295. The number of hydrogen-bond acceptors (Lipinski definition) is 4. The van der Waals surface area contributed by atoms with E-state index in [9.17, 15) is 9.59 Å². The van der Waals surface area contributed by atoms with Crippen molar-refractivity contribution in [2.45, 2.75) is 46.3 Å². The zero-order valence-corrected chi connectivity index (χ0v) is 11.6. The number of carbonyl (C=O) groups is 2. The quantitative estimate of drug-likeness (QED) is 0.815. The van der Waals surface area contributed by atoms with Crippen LogP contribution < -0.4 is 5.32 Å². The number of carbonyl (C=O) groups excluding carboxylic acids is 2. The van der Waals surface area contributed by atoms with E-state index in [1.165, 1.54) is 0 Å². The van der Waals surface area contributed by atoms with Gasteiger partial charge >= 0.3 is 6.09 Å². The Labute approximate surface area is 108 Å². The Balaban J connectivity index is 2.49. The first-order valence-electron chi connectivity index (χ1n) is 6.50. The standard InChI is InChI=1S/C13H23NO4/c1-8(2)11(12(15)9(3)4)14-13(16)18-10-5-6-17-7-10/h8-11H,5-7H2,1-4H3,(H,14,16). The summed E-state index contributed by atoms with van der Waals surface area (Å²) in [5, 5.41) is 2.66. The average molecular weight is 257 g/mol. The van der Waals surface area contributed by atoms with Crippen molar-refractivity contribution >= 4 is 11.9 Å². The predicted molar refractivity (Wildman–Crippen MR) is 67.3 cm³/mol. The molecular weight excluding hydrogens is 234 g/mol.